The molecule has 8 heteroatoms. The van der Waals surface area contributed by atoms with Gasteiger partial charge in [0.05, 0.1) is 13.1 Å². The van der Waals surface area contributed by atoms with Crippen molar-refractivity contribution in [3.05, 3.63) is 40.9 Å². The van der Waals surface area contributed by atoms with Crippen LogP contribution in [0.25, 0.3) is 0 Å². The molecule has 2 aromatic rings. The number of guanidine groups is 1. The minimum absolute atomic E-state index is 0.562. The molecule has 0 atom stereocenters. The third kappa shape index (κ3) is 6.74. The lowest BCUT2D eigenvalue weighted by Gasteiger charge is -2.12. The van der Waals surface area contributed by atoms with Crippen LogP contribution in [-0.4, -0.2) is 47.0 Å². The van der Waals surface area contributed by atoms with Crippen molar-refractivity contribution in [2.75, 3.05) is 26.2 Å². The number of hydrogen-bond donors (Lipinski definition) is 2. The zero-order valence-corrected chi connectivity index (χ0v) is 16.3. The van der Waals surface area contributed by atoms with Gasteiger partial charge < -0.3 is 19.9 Å². The van der Waals surface area contributed by atoms with Gasteiger partial charge in [-0.25, -0.2) is 0 Å². The zero-order valence-electron chi connectivity index (χ0n) is 14.7. The zero-order chi connectivity index (χ0) is 17.9. The summed E-state index contributed by atoms with van der Waals surface area (Å²) in [7, 11) is 0. The Bertz CT molecular complexity index is 673. The van der Waals surface area contributed by atoms with Crippen molar-refractivity contribution in [2.24, 2.45) is 4.99 Å². The van der Waals surface area contributed by atoms with Gasteiger partial charge >= 0.3 is 0 Å². The minimum atomic E-state index is 0.562. The number of aryl methyl sites for hydroxylation is 1. The largest absolute Gasteiger partial charge is 0.492 e. The molecule has 2 rings (SSSR count). The fourth-order valence-corrected chi connectivity index (χ4v) is 2.62. The average molecular weight is 409 g/mol. The molecule has 0 amide bonds. The molecule has 1 aromatic heterocycles. The molecule has 25 heavy (non-hydrogen) atoms. The van der Waals surface area contributed by atoms with Gasteiger partial charge in [-0.05, 0) is 25.1 Å². The van der Waals surface area contributed by atoms with E-state index in [1.807, 2.05) is 35.8 Å². The Morgan fingerprint density at radius 2 is 2.20 bits per heavy atom. The summed E-state index contributed by atoms with van der Waals surface area (Å²) in [6.07, 6.45) is 2.62. The molecular formula is C17H25BrN6O. The molecule has 0 aliphatic carbocycles. The van der Waals surface area contributed by atoms with Crippen molar-refractivity contribution in [1.82, 2.24) is 25.4 Å². The van der Waals surface area contributed by atoms with Crippen molar-refractivity contribution in [2.45, 2.75) is 26.8 Å². The smallest absolute Gasteiger partial charge is 0.191 e. The lowest BCUT2D eigenvalue weighted by molar-refractivity contribution is 0.321. The Morgan fingerprint density at radius 3 is 2.96 bits per heavy atom. The summed E-state index contributed by atoms with van der Waals surface area (Å²) >= 11 is 3.43. The highest BCUT2D eigenvalue weighted by Gasteiger charge is 2.02. The Labute approximate surface area is 157 Å². The highest BCUT2D eigenvalue weighted by molar-refractivity contribution is 9.10. The highest BCUT2D eigenvalue weighted by Crippen LogP contribution is 2.17. The van der Waals surface area contributed by atoms with Gasteiger partial charge in [-0.2, -0.15) is 0 Å². The third-order valence-corrected chi connectivity index (χ3v) is 3.92. The average Bonchev–Trinajstić information content (AvgIpc) is 3.06. The molecule has 136 valence electrons. The van der Waals surface area contributed by atoms with Crippen LogP contribution in [0.4, 0.5) is 0 Å². The Kier molecular flexibility index (Phi) is 8.24. The van der Waals surface area contributed by atoms with Gasteiger partial charge in [0.1, 0.15) is 24.5 Å². The van der Waals surface area contributed by atoms with E-state index >= 15 is 0 Å². The summed E-state index contributed by atoms with van der Waals surface area (Å²) in [4.78, 5) is 4.58. The lowest BCUT2D eigenvalue weighted by Crippen LogP contribution is -2.39. The van der Waals surface area contributed by atoms with E-state index in [0.29, 0.717) is 19.7 Å². The number of nitrogens with zero attached hydrogens (tertiary/aromatic N) is 4. The number of benzene rings is 1. The molecule has 0 unspecified atom stereocenters. The van der Waals surface area contributed by atoms with Crippen molar-refractivity contribution in [3.8, 4) is 5.75 Å². The van der Waals surface area contributed by atoms with Gasteiger partial charge in [-0.3, -0.25) is 4.99 Å². The van der Waals surface area contributed by atoms with Gasteiger partial charge in [-0.1, -0.05) is 28.9 Å². The summed E-state index contributed by atoms with van der Waals surface area (Å²) in [5.41, 5.74) is 0. The fraction of sp³-hybridized carbons (Fsp3) is 0.471. The van der Waals surface area contributed by atoms with E-state index < -0.39 is 0 Å². The molecule has 7 nitrogen and oxygen atoms in total. The number of ether oxygens (including phenoxy) is 1. The van der Waals surface area contributed by atoms with E-state index in [9.17, 15) is 0 Å². The summed E-state index contributed by atoms with van der Waals surface area (Å²) in [5.74, 6) is 2.61. The van der Waals surface area contributed by atoms with E-state index in [1.54, 1.807) is 6.33 Å². The molecule has 0 spiro atoms. The minimum Gasteiger partial charge on any atom is -0.492 e. The van der Waals surface area contributed by atoms with Crippen LogP contribution in [-0.2, 0) is 13.0 Å². The Balaban J connectivity index is 1.75. The molecule has 0 aliphatic heterocycles. The molecule has 0 radical (unpaired) electrons. The third-order valence-electron chi connectivity index (χ3n) is 3.43. The van der Waals surface area contributed by atoms with Gasteiger partial charge in [0.25, 0.3) is 0 Å². The van der Waals surface area contributed by atoms with Crippen LogP contribution in [0, 0.1) is 0 Å². The van der Waals surface area contributed by atoms with Gasteiger partial charge in [-0.15, -0.1) is 10.2 Å². The molecular weight excluding hydrogens is 384 g/mol. The highest BCUT2D eigenvalue weighted by atomic mass is 79.9. The maximum atomic E-state index is 5.71. The van der Waals surface area contributed by atoms with Crippen LogP contribution >= 0.6 is 15.9 Å². The summed E-state index contributed by atoms with van der Waals surface area (Å²) < 4.78 is 8.75. The topological polar surface area (TPSA) is 76.4 Å². The van der Waals surface area contributed by atoms with Gasteiger partial charge in [0.15, 0.2) is 5.96 Å². The monoisotopic (exact) mass is 408 g/mol. The number of nitrogens with one attached hydrogen (secondary N) is 2. The maximum absolute atomic E-state index is 5.71. The van der Waals surface area contributed by atoms with E-state index in [1.165, 1.54) is 0 Å². The second-order valence-corrected chi connectivity index (χ2v) is 6.20. The van der Waals surface area contributed by atoms with Gasteiger partial charge in [0.2, 0.25) is 0 Å². The van der Waals surface area contributed by atoms with Crippen molar-refractivity contribution in [1.29, 1.82) is 0 Å². The summed E-state index contributed by atoms with van der Waals surface area (Å²) in [6.45, 7) is 7.58. The van der Waals surface area contributed by atoms with Crippen molar-refractivity contribution < 1.29 is 4.74 Å². The number of rotatable bonds is 9. The maximum Gasteiger partial charge on any atom is 0.191 e. The fourth-order valence-electron chi connectivity index (χ4n) is 2.25. The number of halogens is 1. The predicted octanol–water partition coefficient (Wildman–Crippen LogP) is 2.24. The second-order valence-electron chi connectivity index (χ2n) is 5.29. The van der Waals surface area contributed by atoms with Crippen LogP contribution in [0.2, 0.25) is 0 Å². The Hall–Kier alpha value is -2.09. The standard InChI is InChI=1S/C17H25BrN6O/c1-3-16-23-22-13-24(16)10-8-20-17(19-4-2)21-9-11-25-15-7-5-6-14(18)12-15/h5-7,12-13H,3-4,8-11H2,1-2H3,(H2,19,20,21). The van der Waals surface area contributed by atoms with E-state index in [-0.39, 0.29) is 0 Å². The van der Waals surface area contributed by atoms with E-state index in [0.717, 1.165) is 41.5 Å². The first-order valence-corrected chi connectivity index (χ1v) is 9.29. The SMILES string of the molecule is CCNC(=NCCn1cnnc1CC)NCCOc1cccc(Br)c1. The van der Waals surface area contributed by atoms with Crippen molar-refractivity contribution in [3.63, 3.8) is 0 Å². The summed E-state index contributed by atoms with van der Waals surface area (Å²) in [5, 5.41) is 14.5. The van der Waals surface area contributed by atoms with E-state index in [2.05, 4.69) is 48.7 Å². The van der Waals surface area contributed by atoms with Crippen molar-refractivity contribution >= 4 is 21.9 Å². The molecule has 0 saturated heterocycles. The van der Waals surface area contributed by atoms with Crippen LogP contribution in [0.1, 0.15) is 19.7 Å². The quantitative estimate of drug-likeness (QED) is 0.378. The first-order chi connectivity index (χ1) is 12.2. The molecule has 1 aromatic carbocycles. The molecule has 2 N–H and O–H groups in total. The van der Waals surface area contributed by atoms with Crippen LogP contribution in [0.5, 0.6) is 5.75 Å². The Morgan fingerprint density at radius 1 is 1.32 bits per heavy atom. The van der Waals surface area contributed by atoms with E-state index in [4.69, 9.17) is 4.74 Å². The number of aromatic nitrogens is 3. The molecule has 0 fully saturated rings. The molecule has 1 heterocycles. The lowest BCUT2D eigenvalue weighted by atomic mass is 10.3. The molecule has 0 bridgehead atoms. The van der Waals surface area contributed by atoms with Crippen LogP contribution < -0.4 is 15.4 Å². The second kappa shape index (κ2) is 10.7. The number of aliphatic imine (C=N–C) groups is 1. The molecule has 0 aliphatic rings. The normalized spacial score (nSPS) is 11.4. The first kappa shape index (κ1) is 19.2. The predicted molar refractivity (Wildman–Crippen MR) is 103 cm³/mol. The molecule has 0 saturated carbocycles. The first-order valence-electron chi connectivity index (χ1n) is 8.50. The van der Waals surface area contributed by atoms with Crippen LogP contribution in [0.15, 0.2) is 40.1 Å². The summed E-state index contributed by atoms with van der Waals surface area (Å²) in [6, 6.07) is 7.81. The number of hydrogen-bond acceptors (Lipinski definition) is 4. The van der Waals surface area contributed by atoms with Gasteiger partial charge in [0, 0.05) is 24.0 Å². The van der Waals surface area contributed by atoms with Crippen LogP contribution in [0.3, 0.4) is 0 Å².